The van der Waals surface area contributed by atoms with Crippen LogP contribution in [-0.2, 0) is 9.53 Å². The molecule has 17 heavy (non-hydrogen) atoms. The Morgan fingerprint density at radius 3 is 2.53 bits per heavy atom. The van der Waals surface area contributed by atoms with E-state index in [9.17, 15) is 4.79 Å². The lowest BCUT2D eigenvalue weighted by Crippen LogP contribution is -2.28. The maximum Gasteiger partial charge on any atom is 0.351 e. The maximum absolute atomic E-state index is 11.4. The van der Waals surface area contributed by atoms with Crippen molar-refractivity contribution in [2.45, 2.75) is 25.8 Å². The van der Waals surface area contributed by atoms with Crippen LogP contribution in [0.1, 0.15) is 19.4 Å². The quantitative estimate of drug-likeness (QED) is 0.357. The Bertz CT molecular complexity index is 413. The Balaban J connectivity index is 2.75. The molecule has 92 valence electrons. The normalized spacial score (nSPS) is 14.6. The molecule has 0 bridgehead atoms. The van der Waals surface area contributed by atoms with Crippen LogP contribution in [0, 0.1) is 6.92 Å². The van der Waals surface area contributed by atoms with Crippen molar-refractivity contribution in [1.82, 2.24) is 0 Å². The van der Waals surface area contributed by atoms with Gasteiger partial charge in [-0.25, -0.2) is 4.79 Å². The number of halogens is 1. The van der Waals surface area contributed by atoms with Crippen LogP contribution in [0.3, 0.4) is 0 Å². The molecule has 0 saturated heterocycles. The number of carbonyl (C=O) groups excluding carboxylic acids is 1. The molecule has 1 aromatic rings. The van der Waals surface area contributed by atoms with Gasteiger partial charge in [0.25, 0.3) is 0 Å². The first-order chi connectivity index (χ1) is 7.95. The van der Waals surface area contributed by atoms with E-state index in [4.69, 9.17) is 16.3 Å². The van der Waals surface area contributed by atoms with Gasteiger partial charge in [0.15, 0.2) is 0 Å². The summed E-state index contributed by atoms with van der Waals surface area (Å²) in [5, 5.41) is 7.70. The highest BCUT2D eigenvalue weighted by Crippen LogP contribution is 2.22. The van der Waals surface area contributed by atoms with E-state index in [0.717, 1.165) is 5.56 Å². The van der Waals surface area contributed by atoms with Gasteiger partial charge in [0.2, 0.25) is 5.00 Å². The second kappa shape index (κ2) is 5.77. The number of rotatable bonds is 4. The zero-order valence-electron chi connectivity index (χ0n) is 10.1. The SMILES string of the molecule is CCOC(=O)C(C)(Cl)/N=N/c1ccc(C)cc1. The summed E-state index contributed by atoms with van der Waals surface area (Å²) in [7, 11) is 0. The highest BCUT2D eigenvalue weighted by molar-refractivity contribution is 6.33. The molecule has 0 aliphatic carbocycles. The van der Waals surface area contributed by atoms with Crippen molar-refractivity contribution < 1.29 is 9.53 Å². The van der Waals surface area contributed by atoms with Crippen LogP contribution in [0.4, 0.5) is 5.69 Å². The summed E-state index contributed by atoms with van der Waals surface area (Å²) in [4.78, 5) is 9.96. The van der Waals surface area contributed by atoms with E-state index in [2.05, 4.69) is 10.2 Å². The van der Waals surface area contributed by atoms with Crippen molar-refractivity contribution in [2.24, 2.45) is 10.2 Å². The molecule has 0 aliphatic rings. The third-order valence-electron chi connectivity index (χ3n) is 2.04. The number of carbonyl (C=O) groups is 1. The highest BCUT2D eigenvalue weighted by atomic mass is 35.5. The number of alkyl halides is 1. The summed E-state index contributed by atoms with van der Waals surface area (Å²) in [5.74, 6) is -0.600. The van der Waals surface area contributed by atoms with Crippen LogP contribution in [0.2, 0.25) is 0 Å². The van der Waals surface area contributed by atoms with Crippen molar-refractivity contribution in [3.8, 4) is 0 Å². The number of benzene rings is 1. The first-order valence-electron chi connectivity index (χ1n) is 5.31. The molecule has 4 nitrogen and oxygen atoms in total. The third kappa shape index (κ3) is 4.15. The smallest absolute Gasteiger partial charge is 0.351 e. The van der Waals surface area contributed by atoms with Crippen molar-refractivity contribution in [1.29, 1.82) is 0 Å². The minimum absolute atomic E-state index is 0.265. The first-order valence-corrected chi connectivity index (χ1v) is 5.69. The fraction of sp³-hybridized carbons (Fsp3) is 0.417. The van der Waals surface area contributed by atoms with Crippen LogP contribution in [0.15, 0.2) is 34.5 Å². The zero-order valence-corrected chi connectivity index (χ0v) is 10.9. The largest absolute Gasteiger partial charge is 0.463 e. The molecule has 1 rings (SSSR count). The number of esters is 1. The summed E-state index contributed by atoms with van der Waals surface area (Å²) in [6.45, 7) is 5.40. The van der Waals surface area contributed by atoms with Gasteiger partial charge in [0, 0.05) is 0 Å². The molecule has 0 N–H and O–H groups in total. The lowest BCUT2D eigenvalue weighted by atomic mass is 10.2. The topological polar surface area (TPSA) is 51.0 Å². The molecule has 0 aliphatic heterocycles. The average Bonchev–Trinajstić information content (AvgIpc) is 2.29. The van der Waals surface area contributed by atoms with Crippen molar-refractivity contribution in [2.75, 3.05) is 6.61 Å². The van der Waals surface area contributed by atoms with Gasteiger partial charge in [-0.3, -0.25) is 0 Å². The number of hydrogen-bond donors (Lipinski definition) is 0. The van der Waals surface area contributed by atoms with Crippen LogP contribution in [-0.4, -0.2) is 17.6 Å². The number of hydrogen-bond acceptors (Lipinski definition) is 4. The molecular formula is C12H15ClN2O2. The van der Waals surface area contributed by atoms with Crippen LogP contribution < -0.4 is 0 Å². The minimum atomic E-state index is -1.47. The van der Waals surface area contributed by atoms with Gasteiger partial charge in [0.05, 0.1) is 12.3 Å². The zero-order chi connectivity index (χ0) is 12.9. The van der Waals surface area contributed by atoms with Gasteiger partial charge in [-0.2, -0.15) is 10.2 Å². The van der Waals surface area contributed by atoms with Gasteiger partial charge in [-0.15, -0.1) is 0 Å². The highest BCUT2D eigenvalue weighted by Gasteiger charge is 2.32. The average molecular weight is 255 g/mol. The van der Waals surface area contributed by atoms with Gasteiger partial charge in [-0.1, -0.05) is 29.3 Å². The molecule has 0 heterocycles. The molecule has 0 spiro atoms. The Kier molecular flexibility index (Phi) is 4.63. The summed E-state index contributed by atoms with van der Waals surface area (Å²) in [5.41, 5.74) is 1.77. The number of aryl methyl sites for hydroxylation is 1. The monoisotopic (exact) mass is 254 g/mol. The molecule has 0 aromatic heterocycles. The van der Waals surface area contributed by atoms with E-state index in [1.807, 2.05) is 19.1 Å². The molecule has 0 saturated carbocycles. The van der Waals surface area contributed by atoms with Crippen LogP contribution in [0.25, 0.3) is 0 Å². The Morgan fingerprint density at radius 1 is 1.41 bits per heavy atom. The maximum atomic E-state index is 11.4. The van der Waals surface area contributed by atoms with Gasteiger partial charge < -0.3 is 4.74 Å². The lowest BCUT2D eigenvalue weighted by molar-refractivity contribution is -0.145. The summed E-state index contributed by atoms with van der Waals surface area (Å²) < 4.78 is 4.79. The molecule has 0 amide bonds. The van der Waals surface area contributed by atoms with E-state index in [0.29, 0.717) is 5.69 Å². The Morgan fingerprint density at radius 2 is 2.00 bits per heavy atom. The van der Waals surface area contributed by atoms with Gasteiger partial charge >= 0.3 is 5.97 Å². The number of ether oxygens (including phenoxy) is 1. The van der Waals surface area contributed by atoms with Gasteiger partial charge in [0.1, 0.15) is 0 Å². The summed E-state index contributed by atoms with van der Waals surface area (Å²) in [6, 6.07) is 7.42. The van der Waals surface area contributed by atoms with E-state index in [1.54, 1.807) is 19.1 Å². The Labute approximate surface area is 106 Å². The third-order valence-corrected chi connectivity index (χ3v) is 2.27. The number of azo groups is 1. The number of nitrogens with zero attached hydrogens (tertiary/aromatic N) is 2. The second-order valence-electron chi connectivity index (χ2n) is 3.71. The second-order valence-corrected chi connectivity index (χ2v) is 4.45. The standard InChI is InChI=1S/C12H15ClN2O2/c1-4-17-11(16)12(3,13)15-14-10-7-5-9(2)6-8-10/h5-8H,4H2,1-3H3/b15-14+. The molecule has 1 atom stereocenters. The predicted octanol–water partition coefficient (Wildman–Crippen LogP) is 3.60. The minimum Gasteiger partial charge on any atom is -0.463 e. The molecule has 1 aromatic carbocycles. The predicted molar refractivity (Wildman–Crippen MR) is 66.6 cm³/mol. The molecule has 1 unspecified atom stereocenters. The summed E-state index contributed by atoms with van der Waals surface area (Å²) in [6.07, 6.45) is 0. The van der Waals surface area contributed by atoms with E-state index in [-0.39, 0.29) is 6.61 Å². The fourth-order valence-corrected chi connectivity index (χ4v) is 1.16. The first kappa shape index (κ1) is 13.6. The molecule has 0 radical (unpaired) electrons. The fourth-order valence-electron chi connectivity index (χ4n) is 1.07. The summed E-state index contributed by atoms with van der Waals surface area (Å²) >= 11 is 5.91. The molecular weight excluding hydrogens is 240 g/mol. The van der Waals surface area contributed by atoms with E-state index >= 15 is 0 Å². The van der Waals surface area contributed by atoms with Crippen molar-refractivity contribution in [3.63, 3.8) is 0 Å². The van der Waals surface area contributed by atoms with Crippen molar-refractivity contribution >= 4 is 23.3 Å². The molecule has 5 heteroatoms. The van der Waals surface area contributed by atoms with E-state index < -0.39 is 11.0 Å². The van der Waals surface area contributed by atoms with Crippen molar-refractivity contribution in [3.05, 3.63) is 29.8 Å². The van der Waals surface area contributed by atoms with Crippen LogP contribution >= 0.6 is 11.6 Å². The van der Waals surface area contributed by atoms with E-state index in [1.165, 1.54) is 6.92 Å². The lowest BCUT2D eigenvalue weighted by Gasteiger charge is -2.12. The van der Waals surface area contributed by atoms with Gasteiger partial charge in [-0.05, 0) is 32.9 Å². The molecule has 0 fully saturated rings. The van der Waals surface area contributed by atoms with Crippen LogP contribution in [0.5, 0.6) is 0 Å². The Hall–Kier alpha value is -1.42.